The van der Waals surface area contributed by atoms with Crippen LogP contribution in [0.15, 0.2) is 30.3 Å². The van der Waals surface area contributed by atoms with Crippen molar-refractivity contribution in [1.82, 2.24) is 0 Å². The fraction of sp³-hybridized carbons (Fsp3) is 0.632. The Hall–Kier alpha value is -1.13. The van der Waals surface area contributed by atoms with E-state index in [9.17, 15) is 4.79 Å². The molecule has 1 aromatic carbocycles. The molecule has 0 amide bonds. The van der Waals surface area contributed by atoms with Crippen LogP contribution in [0.1, 0.15) is 59.1 Å². The number of benzene rings is 1. The minimum Gasteiger partial charge on any atom is -0.466 e. The van der Waals surface area contributed by atoms with Crippen LogP contribution in [0.2, 0.25) is 16.6 Å². The molecule has 2 rings (SSSR count). The Bertz CT molecular complexity index is 505. The maximum atomic E-state index is 11.1. The van der Waals surface area contributed by atoms with Crippen molar-refractivity contribution in [2.24, 2.45) is 0 Å². The summed E-state index contributed by atoms with van der Waals surface area (Å²) in [5, 5.41) is 0. The lowest BCUT2D eigenvalue weighted by Gasteiger charge is -2.39. The fourth-order valence-electron chi connectivity index (χ4n) is 4.28. The predicted molar refractivity (Wildman–Crippen MR) is 95.8 cm³/mol. The van der Waals surface area contributed by atoms with Crippen LogP contribution in [0.25, 0.3) is 0 Å². The average Bonchev–Trinajstić information content (AvgIpc) is 2.89. The molecule has 2 atom stereocenters. The summed E-state index contributed by atoms with van der Waals surface area (Å²) in [7, 11) is -1.93. The monoisotopic (exact) mass is 334 g/mol. The first-order valence-corrected chi connectivity index (χ1v) is 10.9. The zero-order valence-corrected chi connectivity index (χ0v) is 16.0. The smallest absolute Gasteiger partial charge is 0.302 e. The fourth-order valence-corrected chi connectivity index (χ4v) is 10.1. The third kappa shape index (κ3) is 3.86. The molecular formula is C19H30O3Si. The topological polar surface area (TPSA) is 35.5 Å². The van der Waals surface area contributed by atoms with E-state index in [4.69, 9.17) is 9.16 Å². The Morgan fingerprint density at radius 1 is 1.22 bits per heavy atom. The molecule has 23 heavy (non-hydrogen) atoms. The van der Waals surface area contributed by atoms with Gasteiger partial charge in [0.15, 0.2) is 0 Å². The Morgan fingerprint density at radius 3 is 2.35 bits per heavy atom. The van der Waals surface area contributed by atoms with Crippen LogP contribution < -0.4 is 0 Å². The van der Waals surface area contributed by atoms with E-state index in [1.807, 2.05) is 6.07 Å². The summed E-state index contributed by atoms with van der Waals surface area (Å²) in [5.74, 6) is -0.190. The van der Waals surface area contributed by atoms with Gasteiger partial charge in [0.2, 0.25) is 8.32 Å². The molecule has 1 aliphatic heterocycles. The minimum atomic E-state index is -1.93. The first-order chi connectivity index (χ1) is 10.9. The van der Waals surface area contributed by atoms with E-state index in [0.29, 0.717) is 23.2 Å². The quantitative estimate of drug-likeness (QED) is 0.527. The van der Waals surface area contributed by atoms with E-state index in [2.05, 4.69) is 52.0 Å². The zero-order chi connectivity index (χ0) is 17.0. The molecule has 0 radical (unpaired) electrons. The van der Waals surface area contributed by atoms with Crippen LogP contribution in [-0.4, -0.2) is 20.9 Å². The van der Waals surface area contributed by atoms with Crippen LogP contribution >= 0.6 is 0 Å². The lowest BCUT2D eigenvalue weighted by molar-refractivity contribution is -0.141. The van der Waals surface area contributed by atoms with Crippen molar-refractivity contribution in [2.45, 2.75) is 70.2 Å². The van der Waals surface area contributed by atoms with Crippen molar-refractivity contribution in [3.8, 4) is 0 Å². The lowest BCUT2D eigenvalue weighted by atomic mass is 10.0. The van der Waals surface area contributed by atoms with Gasteiger partial charge in [-0.2, -0.15) is 0 Å². The van der Waals surface area contributed by atoms with Gasteiger partial charge in [-0.05, 0) is 35.0 Å². The van der Waals surface area contributed by atoms with Gasteiger partial charge < -0.3 is 9.16 Å². The Balaban J connectivity index is 2.22. The van der Waals surface area contributed by atoms with Gasteiger partial charge in [0.25, 0.3) is 0 Å². The van der Waals surface area contributed by atoms with Crippen LogP contribution in [0.5, 0.6) is 0 Å². The van der Waals surface area contributed by atoms with Crippen LogP contribution in [0.3, 0.4) is 0 Å². The molecule has 0 N–H and O–H groups in total. The van der Waals surface area contributed by atoms with Crippen molar-refractivity contribution in [3.63, 3.8) is 0 Å². The van der Waals surface area contributed by atoms with E-state index >= 15 is 0 Å². The van der Waals surface area contributed by atoms with Gasteiger partial charge in [0.05, 0.1) is 12.7 Å². The maximum Gasteiger partial charge on any atom is 0.302 e. The molecule has 128 valence electrons. The third-order valence-corrected chi connectivity index (χ3v) is 11.3. The maximum absolute atomic E-state index is 11.1. The molecule has 1 fully saturated rings. The van der Waals surface area contributed by atoms with E-state index < -0.39 is 8.32 Å². The van der Waals surface area contributed by atoms with Gasteiger partial charge >= 0.3 is 5.97 Å². The predicted octanol–water partition coefficient (Wildman–Crippen LogP) is 5.24. The summed E-state index contributed by atoms with van der Waals surface area (Å²) in [6.45, 7) is 11.2. The van der Waals surface area contributed by atoms with Gasteiger partial charge in [-0.3, -0.25) is 4.79 Å². The Kier molecular flexibility index (Phi) is 6.04. The molecule has 1 aliphatic rings. The van der Waals surface area contributed by atoms with Crippen molar-refractivity contribution >= 4 is 14.3 Å². The summed E-state index contributed by atoms with van der Waals surface area (Å²) in [5.41, 5.74) is 2.92. The Labute approximate surface area is 141 Å². The van der Waals surface area contributed by atoms with Gasteiger partial charge in [-0.15, -0.1) is 0 Å². The van der Waals surface area contributed by atoms with Gasteiger partial charge in [-0.1, -0.05) is 58.0 Å². The highest BCUT2D eigenvalue weighted by molar-refractivity contribution is 6.78. The van der Waals surface area contributed by atoms with Crippen molar-refractivity contribution in [3.05, 3.63) is 35.9 Å². The second-order valence-electron chi connectivity index (χ2n) is 7.24. The molecule has 0 spiro atoms. The molecule has 4 heteroatoms. The van der Waals surface area contributed by atoms with E-state index in [-0.39, 0.29) is 12.1 Å². The number of esters is 1. The molecule has 1 heterocycles. The number of carbonyl (C=O) groups excluding carboxylic acids is 1. The molecule has 0 bridgehead atoms. The summed E-state index contributed by atoms with van der Waals surface area (Å²) >= 11 is 0. The van der Waals surface area contributed by atoms with E-state index in [0.717, 1.165) is 12.8 Å². The largest absolute Gasteiger partial charge is 0.466 e. The van der Waals surface area contributed by atoms with Crippen molar-refractivity contribution in [2.75, 3.05) is 6.61 Å². The first kappa shape index (κ1) is 18.2. The second kappa shape index (κ2) is 7.62. The summed E-state index contributed by atoms with van der Waals surface area (Å²) in [4.78, 5) is 11.1. The molecule has 0 aromatic heterocycles. The number of rotatable bonds is 6. The summed E-state index contributed by atoms with van der Waals surface area (Å²) < 4.78 is 12.1. The number of carbonyl (C=O) groups is 1. The molecule has 1 aromatic rings. The standard InChI is InChI=1S/C19H30O3Si/c1-14(2)23(15(3)4)18(11-12-21-16(5)20)13-19(22-23)17-9-7-6-8-10-17/h6-10,14-15,18-19H,11-13H2,1-5H3/t18-,19-/m0/s1. The molecule has 3 nitrogen and oxygen atoms in total. The number of hydrogen-bond donors (Lipinski definition) is 0. The minimum absolute atomic E-state index is 0.190. The summed E-state index contributed by atoms with van der Waals surface area (Å²) in [6, 6.07) is 10.5. The Morgan fingerprint density at radius 2 is 1.83 bits per heavy atom. The highest BCUT2D eigenvalue weighted by Crippen LogP contribution is 2.56. The van der Waals surface area contributed by atoms with Gasteiger partial charge in [0, 0.05) is 6.92 Å². The average molecular weight is 335 g/mol. The van der Waals surface area contributed by atoms with E-state index in [1.165, 1.54) is 12.5 Å². The van der Waals surface area contributed by atoms with Crippen LogP contribution in [0, 0.1) is 0 Å². The summed E-state index contributed by atoms with van der Waals surface area (Å²) in [6.07, 6.45) is 2.16. The highest BCUT2D eigenvalue weighted by Gasteiger charge is 2.55. The second-order valence-corrected chi connectivity index (χ2v) is 12.3. The molecule has 0 saturated carbocycles. The van der Waals surface area contributed by atoms with Crippen molar-refractivity contribution in [1.29, 1.82) is 0 Å². The SMILES string of the molecule is CC(=O)OCC[C@H]1C[C@@H](c2ccccc2)O[Si]1(C(C)C)C(C)C. The number of hydrogen-bond acceptors (Lipinski definition) is 3. The lowest BCUT2D eigenvalue weighted by Crippen LogP contribution is -2.45. The number of ether oxygens (including phenoxy) is 1. The highest BCUT2D eigenvalue weighted by atomic mass is 28.4. The van der Waals surface area contributed by atoms with Crippen LogP contribution in [-0.2, 0) is 14.0 Å². The van der Waals surface area contributed by atoms with Crippen LogP contribution in [0.4, 0.5) is 0 Å². The molecule has 0 unspecified atom stereocenters. The zero-order valence-electron chi connectivity index (χ0n) is 15.0. The first-order valence-electron chi connectivity index (χ1n) is 8.74. The van der Waals surface area contributed by atoms with E-state index in [1.54, 1.807) is 0 Å². The van der Waals surface area contributed by atoms with Crippen molar-refractivity contribution < 1.29 is 14.0 Å². The normalized spacial score (nSPS) is 23.4. The molecule has 1 saturated heterocycles. The van der Waals surface area contributed by atoms with Gasteiger partial charge in [-0.25, -0.2) is 0 Å². The third-order valence-electron chi connectivity index (χ3n) is 5.23. The molecular weight excluding hydrogens is 304 g/mol. The van der Waals surface area contributed by atoms with Gasteiger partial charge in [0.1, 0.15) is 0 Å². The molecule has 0 aliphatic carbocycles.